The van der Waals surface area contributed by atoms with Crippen LogP contribution in [0.5, 0.6) is 0 Å². The highest BCUT2D eigenvalue weighted by molar-refractivity contribution is 9.12. The summed E-state index contributed by atoms with van der Waals surface area (Å²) in [5, 5.41) is 2.81. The first-order valence-electron chi connectivity index (χ1n) is 5.64. The number of nitrogens with one attached hydrogen (secondary N) is 1. The average molecular weight is 381 g/mol. The molecule has 2 rings (SSSR count). The number of hydrogen-bond donors (Lipinski definition) is 1. The van der Waals surface area contributed by atoms with Crippen LogP contribution in [0, 0.1) is 0 Å². The van der Waals surface area contributed by atoms with Crippen molar-refractivity contribution in [3.63, 3.8) is 0 Å². The van der Waals surface area contributed by atoms with Crippen molar-refractivity contribution in [3.05, 3.63) is 69.1 Å². The highest BCUT2D eigenvalue weighted by Crippen LogP contribution is 2.17. The Labute approximate surface area is 128 Å². The zero-order chi connectivity index (χ0) is 13.7. The van der Waals surface area contributed by atoms with E-state index in [2.05, 4.69) is 37.2 Å². The Morgan fingerprint density at radius 3 is 2.26 bits per heavy atom. The molecule has 0 aliphatic heterocycles. The van der Waals surface area contributed by atoms with Gasteiger partial charge in [0.15, 0.2) is 0 Å². The molecule has 0 spiro atoms. The van der Waals surface area contributed by atoms with Gasteiger partial charge < -0.3 is 5.32 Å². The molecule has 0 heterocycles. The van der Waals surface area contributed by atoms with Gasteiger partial charge in [0.05, 0.1) is 4.48 Å². The summed E-state index contributed by atoms with van der Waals surface area (Å²) in [5.74, 6) is -0.175. The van der Waals surface area contributed by atoms with Crippen LogP contribution in [-0.2, 0) is 4.79 Å². The largest absolute Gasteiger partial charge is 0.322 e. The maximum absolute atomic E-state index is 12.0. The third-order valence-corrected chi connectivity index (χ3v) is 3.53. The molecule has 2 nitrogen and oxygen atoms in total. The second-order valence-corrected chi connectivity index (χ2v) is 5.63. The van der Waals surface area contributed by atoms with Crippen LogP contribution in [0.3, 0.4) is 0 Å². The van der Waals surface area contributed by atoms with E-state index in [-0.39, 0.29) is 5.91 Å². The lowest BCUT2D eigenvalue weighted by molar-refractivity contribution is -0.112. The number of carbonyl (C=O) groups excluding carboxylic acids is 1. The fourth-order valence-electron chi connectivity index (χ4n) is 1.49. The summed E-state index contributed by atoms with van der Waals surface area (Å²) in [5.41, 5.74) is 1.73. The lowest BCUT2D eigenvalue weighted by Crippen LogP contribution is -2.10. The van der Waals surface area contributed by atoms with E-state index in [1.54, 1.807) is 6.08 Å². The van der Waals surface area contributed by atoms with Crippen LogP contribution in [0.2, 0.25) is 0 Å². The van der Waals surface area contributed by atoms with Crippen molar-refractivity contribution in [1.82, 2.24) is 0 Å². The summed E-state index contributed by atoms with van der Waals surface area (Å²) in [6.45, 7) is 0. The summed E-state index contributed by atoms with van der Waals surface area (Å²) in [4.78, 5) is 12.0. The highest BCUT2D eigenvalue weighted by atomic mass is 79.9. The number of hydrogen-bond acceptors (Lipinski definition) is 1. The molecule has 0 bridgehead atoms. The van der Waals surface area contributed by atoms with E-state index in [0.29, 0.717) is 4.48 Å². The molecule has 0 aliphatic carbocycles. The van der Waals surface area contributed by atoms with Crippen LogP contribution < -0.4 is 5.32 Å². The molecular weight excluding hydrogens is 370 g/mol. The molecule has 2 aromatic carbocycles. The minimum Gasteiger partial charge on any atom is -0.322 e. The average Bonchev–Trinajstić information content (AvgIpc) is 2.42. The summed E-state index contributed by atoms with van der Waals surface area (Å²) >= 11 is 6.64. The van der Waals surface area contributed by atoms with Gasteiger partial charge in [-0.2, -0.15) is 0 Å². The molecule has 0 aromatic heterocycles. The lowest BCUT2D eigenvalue weighted by atomic mass is 10.2. The van der Waals surface area contributed by atoms with Gasteiger partial charge in [-0.25, -0.2) is 0 Å². The SMILES string of the molecule is O=C(Nc1ccc(Br)cc1)C(Br)=Cc1ccccc1. The Morgan fingerprint density at radius 1 is 1.00 bits per heavy atom. The molecule has 0 aliphatic rings. The van der Waals surface area contributed by atoms with Crippen LogP contribution in [0.1, 0.15) is 5.56 Å². The van der Waals surface area contributed by atoms with Crippen molar-refractivity contribution >= 4 is 49.5 Å². The molecule has 0 radical (unpaired) electrons. The second kappa shape index (κ2) is 6.68. The standard InChI is InChI=1S/C15H11Br2NO/c16-12-6-8-13(9-7-12)18-15(19)14(17)10-11-4-2-1-3-5-11/h1-10H,(H,18,19). The van der Waals surface area contributed by atoms with Crippen LogP contribution in [-0.4, -0.2) is 5.91 Å². The van der Waals surface area contributed by atoms with Gasteiger partial charge in [0.2, 0.25) is 0 Å². The summed E-state index contributed by atoms with van der Waals surface area (Å²) in [6, 6.07) is 17.1. The Hall–Kier alpha value is -1.39. The molecule has 19 heavy (non-hydrogen) atoms. The molecule has 4 heteroatoms. The zero-order valence-electron chi connectivity index (χ0n) is 9.94. The Kier molecular flexibility index (Phi) is 4.93. The predicted octanol–water partition coefficient (Wildman–Crippen LogP) is 4.82. The molecule has 0 fully saturated rings. The molecule has 1 amide bonds. The topological polar surface area (TPSA) is 29.1 Å². The number of amides is 1. The Bertz CT molecular complexity index is 591. The monoisotopic (exact) mass is 379 g/mol. The van der Waals surface area contributed by atoms with Crippen LogP contribution >= 0.6 is 31.9 Å². The molecule has 0 saturated heterocycles. The van der Waals surface area contributed by atoms with Crippen molar-refractivity contribution in [3.8, 4) is 0 Å². The number of rotatable bonds is 3. The molecule has 96 valence electrons. The van der Waals surface area contributed by atoms with Gasteiger partial charge in [-0.05, 0) is 51.8 Å². The maximum Gasteiger partial charge on any atom is 0.262 e. The van der Waals surface area contributed by atoms with E-state index in [4.69, 9.17) is 0 Å². The molecule has 1 N–H and O–H groups in total. The predicted molar refractivity (Wildman–Crippen MR) is 86.1 cm³/mol. The first-order chi connectivity index (χ1) is 9.15. The van der Waals surface area contributed by atoms with Crippen molar-refractivity contribution in [2.24, 2.45) is 0 Å². The molecular formula is C15H11Br2NO. The summed E-state index contributed by atoms with van der Waals surface area (Å²) in [7, 11) is 0. The van der Waals surface area contributed by atoms with Gasteiger partial charge in [0, 0.05) is 10.2 Å². The third kappa shape index (κ3) is 4.33. The van der Waals surface area contributed by atoms with E-state index < -0.39 is 0 Å². The van der Waals surface area contributed by atoms with Crippen molar-refractivity contribution < 1.29 is 4.79 Å². The van der Waals surface area contributed by atoms with Gasteiger partial charge in [0.1, 0.15) is 0 Å². The smallest absolute Gasteiger partial charge is 0.262 e. The van der Waals surface area contributed by atoms with Crippen LogP contribution in [0.15, 0.2) is 63.6 Å². The minimum absolute atomic E-state index is 0.175. The van der Waals surface area contributed by atoms with Crippen LogP contribution in [0.4, 0.5) is 5.69 Å². The number of benzene rings is 2. The molecule has 2 aromatic rings. The van der Waals surface area contributed by atoms with E-state index in [1.165, 1.54) is 0 Å². The fourth-order valence-corrected chi connectivity index (χ4v) is 2.11. The van der Waals surface area contributed by atoms with Crippen molar-refractivity contribution in [1.29, 1.82) is 0 Å². The number of anilines is 1. The van der Waals surface area contributed by atoms with E-state index in [0.717, 1.165) is 15.7 Å². The summed E-state index contributed by atoms with van der Waals surface area (Å²) < 4.78 is 1.46. The Balaban J connectivity index is 2.07. The van der Waals surface area contributed by atoms with Crippen molar-refractivity contribution in [2.45, 2.75) is 0 Å². The van der Waals surface area contributed by atoms with E-state index in [9.17, 15) is 4.79 Å². The van der Waals surface area contributed by atoms with E-state index in [1.807, 2.05) is 54.6 Å². The van der Waals surface area contributed by atoms with Gasteiger partial charge >= 0.3 is 0 Å². The lowest BCUT2D eigenvalue weighted by Gasteiger charge is -2.04. The zero-order valence-corrected chi connectivity index (χ0v) is 13.1. The first kappa shape index (κ1) is 14.0. The quantitative estimate of drug-likeness (QED) is 0.759. The molecule has 0 unspecified atom stereocenters. The molecule has 0 saturated carbocycles. The maximum atomic E-state index is 12.0. The van der Waals surface area contributed by atoms with E-state index >= 15 is 0 Å². The van der Waals surface area contributed by atoms with Gasteiger partial charge in [0.25, 0.3) is 5.91 Å². The second-order valence-electron chi connectivity index (χ2n) is 3.86. The van der Waals surface area contributed by atoms with Gasteiger partial charge in [-0.15, -0.1) is 0 Å². The fraction of sp³-hybridized carbons (Fsp3) is 0. The number of carbonyl (C=O) groups is 1. The molecule has 0 atom stereocenters. The summed E-state index contributed by atoms with van der Waals surface area (Å²) in [6.07, 6.45) is 1.79. The number of halogens is 2. The third-order valence-electron chi connectivity index (χ3n) is 2.41. The Morgan fingerprint density at radius 2 is 1.63 bits per heavy atom. The van der Waals surface area contributed by atoms with Crippen molar-refractivity contribution in [2.75, 3.05) is 5.32 Å². The highest BCUT2D eigenvalue weighted by Gasteiger charge is 2.06. The normalized spacial score (nSPS) is 11.2. The van der Waals surface area contributed by atoms with Gasteiger partial charge in [-0.3, -0.25) is 4.79 Å². The first-order valence-corrected chi connectivity index (χ1v) is 7.23. The van der Waals surface area contributed by atoms with Crippen LogP contribution in [0.25, 0.3) is 6.08 Å². The minimum atomic E-state index is -0.175. The van der Waals surface area contributed by atoms with Gasteiger partial charge in [-0.1, -0.05) is 46.3 Å².